The number of carbonyl (C=O) groups is 1. The van der Waals surface area contributed by atoms with E-state index in [2.05, 4.69) is 20.1 Å². The van der Waals surface area contributed by atoms with Gasteiger partial charge in [-0.25, -0.2) is 9.97 Å². The van der Waals surface area contributed by atoms with Gasteiger partial charge in [-0.2, -0.15) is 4.98 Å². The monoisotopic (exact) mass is 351 g/mol. The molecule has 8 heteroatoms. The van der Waals surface area contributed by atoms with Gasteiger partial charge in [0.2, 0.25) is 17.5 Å². The molecule has 1 amide bonds. The van der Waals surface area contributed by atoms with Crippen molar-refractivity contribution in [1.29, 1.82) is 0 Å². The van der Waals surface area contributed by atoms with Crippen molar-refractivity contribution >= 4 is 5.91 Å². The smallest absolute Gasteiger partial charge is 0.257 e. The molecule has 26 heavy (non-hydrogen) atoms. The maximum atomic E-state index is 12.7. The van der Waals surface area contributed by atoms with E-state index in [1.54, 1.807) is 35.5 Å². The van der Waals surface area contributed by atoms with E-state index in [1.807, 2.05) is 19.1 Å². The minimum Gasteiger partial charge on any atom is -0.493 e. The molecular formula is C18H17N5O3. The number of hydrogen-bond acceptors (Lipinski definition) is 7. The second-order valence-electron chi connectivity index (χ2n) is 5.86. The second kappa shape index (κ2) is 6.91. The second-order valence-corrected chi connectivity index (χ2v) is 5.86. The first-order valence-corrected chi connectivity index (χ1v) is 8.38. The van der Waals surface area contributed by atoms with Crippen LogP contribution in [0.5, 0.6) is 5.75 Å². The van der Waals surface area contributed by atoms with Crippen molar-refractivity contribution < 1.29 is 14.1 Å². The molecule has 1 aliphatic heterocycles. The summed E-state index contributed by atoms with van der Waals surface area (Å²) in [5.74, 6) is 1.83. The molecule has 1 aromatic carbocycles. The number of amides is 1. The number of nitrogens with zero attached hydrogens (tertiary/aromatic N) is 5. The summed E-state index contributed by atoms with van der Waals surface area (Å²) >= 11 is 0. The summed E-state index contributed by atoms with van der Waals surface area (Å²) in [6, 6.07) is 8.99. The summed E-state index contributed by atoms with van der Waals surface area (Å²) in [6.45, 7) is 3.46. The van der Waals surface area contributed by atoms with Gasteiger partial charge in [-0.1, -0.05) is 17.3 Å². The molecule has 0 aliphatic carbocycles. The average molecular weight is 351 g/mol. The lowest BCUT2D eigenvalue weighted by atomic mass is 9.98. The third-order valence-corrected chi connectivity index (χ3v) is 4.14. The minimum absolute atomic E-state index is 0.0168. The average Bonchev–Trinajstić information content (AvgIpc) is 3.11. The Labute approximate surface area is 149 Å². The van der Waals surface area contributed by atoms with E-state index < -0.39 is 0 Å². The van der Waals surface area contributed by atoms with E-state index in [1.165, 1.54) is 0 Å². The van der Waals surface area contributed by atoms with Crippen molar-refractivity contribution in [2.24, 2.45) is 0 Å². The number of rotatable bonds is 5. The number of benzene rings is 1. The molecular weight excluding hydrogens is 334 g/mol. The summed E-state index contributed by atoms with van der Waals surface area (Å²) in [4.78, 5) is 27.0. The molecule has 0 radical (unpaired) electrons. The molecule has 8 nitrogen and oxygen atoms in total. The number of aromatic nitrogens is 4. The van der Waals surface area contributed by atoms with Gasteiger partial charge in [0.05, 0.1) is 18.1 Å². The third kappa shape index (κ3) is 3.01. The van der Waals surface area contributed by atoms with Crippen molar-refractivity contribution in [3.63, 3.8) is 0 Å². The molecule has 4 rings (SSSR count). The predicted octanol–water partition coefficient (Wildman–Crippen LogP) is 2.16. The van der Waals surface area contributed by atoms with Gasteiger partial charge in [0.1, 0.15) is 5.75 Å². The Morgan fingerprint density at radius 2 is 1.96 bits per heavy atom. The predicted molar refractivity (Wildman–Crippen MR) is 91.6 cm³/mol. The molecule has 3 aromatic rings. The van der Waals surface area contributed by atoms with Gasteiger partial charge < -0.3 is 14.2 Å². The molecule has 2 aromatic heterocycles. The van der Waals surface area contributed by atoms with Gasteiger partial charge >= 0.3 is 0 Å². The van der Waals surface area contributed by atoms with Crippen LogP contribution in [0.15, 0.2) is 47.2 Å². The molecule has 0 spiro atoms. The highest BCUT2D eigenvalue weighted by Crippen LogP contribution is 2.30. The summed E-state index contributed by atoms with van der Waals surface area (Å²) in [7, 11) is 0. The molecule has 0 atom stereocenters. The minimum atomic E-state index is -0.0589. The van der Waals surface area contributed by atoms with Gasteiger partial charge in [-0.3, -0.25) is 4.79 Å². The summed E-state index contributed by atoms with van der Waals surface area (Å²) < 4.78 is 10.9. The normalized spacial score (nSPS) is 14.1. The molecule has 1 saturated heterocycles. The first-order valence-electron chi connectivity index (χ1n) is 8.38. The van der Waals surface area contributed by atoms with Crippen molar-refractivity contribution in [3.8, 4) is 17.4 Å². The Balaban J connectivity index is 1.43. The molecule has 0 bridgehead atoms. The molecule has 0 N–H and O–H groups in total. The Kier molecular flexibility index (Phi) is 4.30. The van der Waals surface area contributed by atoms with Crippen LogP contribution >= 0.6 is 0 Å². The standard InChI is InChI=1S/C18H17N5O3/c1-2-25-14-7-4-3-6-13(14)18(24)23-10-12(11-23)17-21-16(22-26-17)15-19-8-5-9-20-15/h3-9,12H,2,10-11H2,1H3. The van der Waals surface area contributed by atoms with E-state index in [0.717, 1.165) is 0 Å². The third-order valence-electron chi connectivity index (χ3n) is 4.14. The lowest BCUT2D eigenvalue weighted by Crippen LogP contribution is -2.48. The lowest BCUT2D eigenvalue weighted by molar-refractivity contribution is 0.0565. The SMILES string of the molecule is CCOc1ccccc1C(=O)N1CC(c2nc(-c3ncccn3)no2)C1. The maximum Gasteiger partial charge on any atom is 0.257 e. The molecule has 132 valence electrons. The number of likely N-dealkylation sites (tertiary alicyclic amines) is 1. The number of ether oxygens (including phenoxy) is 1. The van der Waals surface area contributed by atoms with Crippen LogP contribution in [0.3, 0.4) is 0 Å². The lowest BCUT2D eigenvalue weighted by Gasteiger charge is -2.37. The van der Waals surface area contributed by atoms with Gasteiger partial charge in [-0.15, -0.1) is 0 Å². The molecule has 1 aliphatic rings. The van der Waals surface area contributed by atoms with Crippen LogP contribution < -0.4 is 4.74 Å². The van der Waals surface area contributed by atoms with E-state index in [4.69, 9.17) is 9.26 Å². The van der Waals surface area contributed by atoms with Gasteiger partial charge in [0, 0.05) is 25.5 Å². The zero-order valence-corrected chi connectivity index (χ0v) is 14.2. The first-order chi connectivity index (χ1) is 12.8. The van der Waals surface area contributed by atoms with Crippen LogP contribution in [-0.4, -0.2) is 50.6 Å². The van der Waals surface area contributed by atoms with Gasteiger partial charge in [0.25, 0.3) is 5.91 Å². The van der Waals surface area contributed by atoms with Crippen molar-refractivity contribution in [2.45, 2.75) is 12.8 Å². The Hall–Kier alpha value is -3.29. The number of carbonyl (C=O) groups excluding carboxylic acids is 1. The number of hydrogen-bond donors (Lipinski definition) is 0. The van der Waals surface area contributed by atoms with Crippen LogP contribution in [0.1, 0.15) is 29.1 Å². The highest BCUT2D eigenvalue weighted by atomic mass is 16.5. The molecule has 1 fully saturated rings. The zero-order valence-electron chi connectivity index (χ0n) is 14.2. The van der Waals surface area contributed by atoms with Crippen LogP contribution in [0.25, 0.3) is 11.6 Å². The molecule has 3 heterocycles. The van der Waals surface area contributed by atoms with Crippen LogP contribution in [0.2, 0.25) is 0 Å². The molecule has 0 unspecified atom stereocenters. The fraction of sp³-hybridized carbons (Fsp3) is 0.278. The maximum absolute atomic E-state index is 12.7. The van der Waals surface area contributed by atoms with Crippen LogP contribution in [-0.2, 0) is 0 Å². The quantitative estimate of drug-likeness (QED) is 0.695. The first kappa shape index (κ1) is 16.2. The summed E-state index contributed by atoms with van der Waals surface area (Å²) in [6.07, 6.45) is 3.25. The van der Waals surface area contributed by atoms with E-state index in [-0.39, 0.29) is 11.8 Å². The highest BCUT2D eigenvalue weighted by molar-refractivity contribution is 5.97. The van der Waals surface area contributed by atoms with Gasteiger partial charge in [0.15, 0.2) is 0 Å². The van der Waals surface area contributed by atoms with Crippen molar-refractivity contribution in [1.82, 2.24) is 25.0 Å². The summed E-state index contributed by atoms with van der Waals surface area (Å²) in [5, 5.41) is 3.92. The molecule has 0 saturated carbocycles. The topological polar surface area (TPSA) is 94.2 Å². The Morgan fingerprint density at radius 1 is 1.19 bits per heavy atom. The van der Waals surface area contributed by atoms with Crippen molar-refractivity contribution in [2.75, 3.05) is 19.7 Å². The largest absolute Gasteiger partial charge is 0.493 e. The van der Waals surface area contributed by atoms with Gasteiger partial charge in [-0.05, 0) is 25.1 Å². The Morgan fingerprint density at radius 3 is 2.73 bits per heavy atom. The Bertz CT molecular complexity index is 906. The van der Waals surface area contributed by atoms with E-state index in [0.29, 0.717) is 48.5 Å². The fourth-order valence-corrected chi connectivity index (χ4v) is 2.80. The van der Waals surface area contributed by atoms with E-state index in [9.17, 15) is 4.79 Å². The van der Waals surface area contributed by atoms with E-state index >= 15 is 0 Å². The van der Waals surface area contributed by atoms with Crippen LogP contribution in [0, 0.1) is 0 Å². The van der Waals surface area contributed by atoms with Crippen LogP contribution in [0.4, 0.5) is 0 Å². The number of para-hydroxylation sites is 1. The zero-order chi connectivity index (χ0) is 17.9. The fourth-order valence-electron chi connectivity index (χ4n) is 2.80. The van der Waals surface area contributed by atoms with Crippen molar-refractivity contribution in [3.05, 3.63) is 54.2 Å². The highest BCUT2D eigenvalue weighted by Gasteiger charge is 2.37. The summed E-state index contributed by atoms with van der Waals surface area (Å²) in [5.41, 5.74) is 0.566.